The van der Waals surface area contributed by atoms with E-state index in [0.29, 0.717) is 12.3 Å². The van der Waals surface area contributed by atoms with Crippen molar-refractivity contribution in [3.05, 3.63) is 0 Å². The molecule has 1 aliphatic rings. The summed E-state index contributed by atoms with van der Waals surface area (Å²) in [6, 6.07) is 0. The fourth-order valence-corrected chi connectivity index (χ4v) is 2.23. The van der Waals surface area contributed by atoms with Crippen LogP contribution in [0.2, 0.25) is 0 Å². The number of rotatable bonds is 4. The number of nitrogens with one attached hydrogen (secondary N) is 1. The van der Waals surface area contributed by atoms with Crippen LogP contribution in [-0.4, -0.2) is 58.2 Å². The van der Waals surface area contributed by atoms with Gasteiger partial charge in [-0.3, -0.25) is 0 Å². The predicted molar refractivity (Wildman–Crippen MR) is 48.2 cm³/mol. The highest BCUT2D eigenvalue weighted by Gasteiger charge is 2.25. The molecule has 0 aromatic heterocycles. The van der Waals surface area contributed by atoms with Gasteiger partial charge in [-0.25, -0.2) is 0 Å². The molecule has 5 heteroatoms. The number of aliphatic hydroxyl groups excluding tert-OH is 3. The molecule has 4 N–H and O–H groups in total. The van der Waals surface area contributed by atoms with Crippen molar-refractivity contribution in [1.82, 2.24) is 5.32 Å². The molecule has 1 heterocycles. The zero-order valence-electron chi connectivity index (χ0n) is 6.81. The molecular weight excluding hydrogens is 178 g/mol. The average molecular weight is 193 g/mol. The van der Waals surface area contributed by atoms with Gasteiger partial charge in [-0.1, -0.05) is 0 Å². The van der Waals surface area contributed by atoms with Gasteiger partial charge in [-0.05, 0) is 0 Å². The Morgan fingerprint density at radius 2 is 2.25 bits per heavy atom. The Morgan fingerprint density at radius 3 is 2.75 bits per heavy atom. The van der Waals surface area contributed by atoms with Gasteiger partial charge in [-0.15, -0.1) is 0 Å². The smallest absolute Gasteiger partial charge is 0.0861 e. The molecule has 0 aromatic rings. The minimum atomic E-state index is -0.664. The summed E-state index contributed by atoms with van der Waals surface area (Å²) in [6.07, 6.45) is -0.983. The van der Waals surface area contributed by atoms with Crippen LogP contribution in [0.15, 0.2) is 0 Å². The molecule has 1 saturated heterocycles. The first kappa shape index (κ1) is 10.3. The molecule has 0 aromatic carbocycles. The summed E-state index contributed by atoms with van der Waals surface area (Å²) in [5, 5.41) is 30.1. The highest BCUT2D eigenvalue weighted by Crippen LogP contribution is 2.18. The standard InChI is InChI=1S/C7H15NO3S/c9-3-5(10)4-12-7-2-8-1-6(7)11/h5-11H,1-4H2. The van der Waals surface area contributed by atoms with Crippen LogP contribution < -0.4 is 5.32 Å². The van der Waals surface area contributed by atoms with E-state index in [-0.39, 0.29) is 18.0 Å². The van der Waals surface area contributed by atoms with E-state index in [9.17, 15) is 5.11 Å². The highest BCUT2D eigenvalue weighted by atomic mass is 32.2. The van der Waals surface area contributed by atoms with Gasteiger partial charge >= 0.3 is 0 Å². The van der Waals surface area contributed by atoms with Crippen LogP contribution in [0.25, 0.3) is 0 Å². The lowest BCUT2D eigenvalue weighted by molar-refractivity contribution is 0.113. The Morgan fingerprint density at radius 1 is 1.50 bits per heavy atom. The van der Waals surface area contributed by atoms with Crippen molar-refractivity contribution in [2.24, 2.45) is 0 Å². The highest BCUT2D eigenvalue weighted by molar-refractivity contribution is 8.00. The number of hydrogen-bond donors (Lipinski definition) is 4. The summed E-state index contributed by atoms with van der Waals surface area (Å²) in [7, 11) is 0. The Bertz CT molecular complexity index is 136. The van der Waals surface area contributed by atoms with E-state index in [1.165, 1.54) is 11.8 Å². The molecule has 0 saturated carbocycles. The van der Waals surface area contributed by atoms with Crippen LogP contribution in [0.4, 0.5) is 0 Å². The van der Waals surface area contributed by atoms with E-state index in [4.69, 9.17) is 10.2 Å². The van der Waals surface area contributed by atoms with Crippen molar-refractivity contribution < 1.29 is 15.3 Å². The van der Waals surface area contributed by atoms with Gasteiger partial charge in [0.25, 0.3) is 0 Å². The number of thioether (sulfide) groups is 1. The fraction of sp³-hybridized carbons (Fsp3) is 1.00. The molecule has 1 rings (SSSR count). The molecule has 0 bridgehead atoms. The molecule has 3 unspecified atom stereocenters. The summed E-state index contributed by atoms with van der Waals surface area (Å²) in [5.41, 5.74) is 0. The molecule has 1 fully saturated rings. The first-order chi connectivity index (χ1) is 5.74. The molecule has 3 atom stereocenters. The second-order valence-electron chi connectivity index (χ2n) is 2.93. The molecule has 0 radical (unpaired) electrons. The normalized spacial score (nSPS) is 32.2. The average Bonchev–Trinajstić information content (AvgIpc) is 2.47. The van der Waals surface area contributed by atoms with Crippen molar-refractivity contribution in [1.29, 1.82) is 0 Å². The van der Waals surface area contributed by atoms with Gasteiger partial charge in [-0.2, -0.15) is 11.8 Å². The summed E-state index contributed by atoms with van der Waals surface area (Å²) in [4.78, 5) is 0. The lowest BCUT2D eigenvalue weighted by Crippen LogP contribution is -2.24. The van der Waals surface area contributed by atoms with Gasteiger partial charge < -0.3 is 20.6 Å². The topological polar surface area (TPSA) is 72.7 Å². The maximum absolute atomic E-state index is 9.35. The summed E-state index contributed by atoms with van der Waals surface area (Å²) in [5.74, 6) is 0.486. The van der Waals surface area contributed by atoms with E-state index in [2.05, 4.69) is 5.32 Å². The maximum Gasteiger partial charge on any atom is 0.0861 e. The van der Waals surface area contributed by atoms with Crippen LogP contribution in [0.3, 0.4) is 0 Å². The third kappa shape index (κ3) is 2.91. The van der Waals surface area contributed by atoms with E-state index >= 15 is 0 Å². The molecule has 72 valence electrons. The van der Waals surface area contributed by atoms with Crippen molar-refractivity contribution in [3.8, 4) is 0 Å². The van der Waals surface area contributed by atoms with Gasteiger partial charge in [0.15, 0.2) is 0 Å². The van der Waals surface area contributed by atoms with Crippen molar-refractivity contribution in [3.63, 3.8) is 0 Å². The Labute approximate surface area is 76.0 Å². The summed E-state index contributed by atoms with van der Waals surface area (Å²) >= 11 is 1.50. The predicted octanol–water partition coefficient (Wildman–Crippen LogP) is -1.59. The molecule has 4 nitrogen and oxygen atoms in total. The number of aliphatic hydroxyl groups is 3. The number of β-amino-alcohol motifs (C(OH)–C–C–N with tert-alkyl or cyclic N) is 1. The zero-order valence-corrected chi connectivity index (χ0v) is 7.63. The number of hydrogen-bond acceptors (Lipinski definition) is 5. The van der Waals surface area contributed by atoms with E-state index < -0.39 is 6.10 Å². The summed E-state index contributed by atoms with van der Waals surface area (Å²) < 4.78 is 0. The molecule has 0 amide bonds. The second-order valence-corrected chi connectivity index (χ2v) is 4.21. The van der Waals surface area contributed by atoms with E-state index in [0.717, 1.165) is 6.54 Å². The molecule has 1 aliphatic heterocycles. The monoisotopic (exact) mass is 193 g/mol. The van der Waals surface area contributed by atoms with Crippen LogP contribution in [0.5, 0.6) is 0 Å². The van der Waals surface area contributed by atoms with Crippen LogP contribution in [-0.2, 0) is 0 Å². The first-order valence-electron chi connectivity index (χ1n) is 4.03. The quantitative estimate of drug-likeness (QED) is 0.433. The molecule has 0 spiro atoms. The van der Waals surface area contributed by atoms with Crippen LogP contribution in [0.1, 0.15) is 0 Å². The first-order valence-corrected chi connectivity index (χ1v) is 5.08. The lowest BCUT2D eigenvalue weighted by atomic mass is 10.3. The Hall–Kier alpha value is 0.190. The fourth-order valence-electron chi connectivity index (χ4n) is 1.10. The van der Waals surface area contributed by atoms with Gasteiger partial charge in [0.1, 0.15) is 0 Å². The lowest BCUT2D eigenvalue weighted by Gasteiger charge is -2.14. The third-order valence-corrected chi connectivity index (χ3v) is 3.33. The zero-order chi connectivity index (χ0) is 8.97. The summed E-state index contributed by atoms with van der Waals surface area (Å²) in [6.45, 7) is 1.21. The molecule has 0 aliphatic carbocycles. The molecular formula is C7H15NO3S. The third-order valence-electron chi connectivity index (χ3n) is 1.84. The van der Waals surface area contributed by atoms with Crippen LogP contribution >= 0.6 is 11.8 Å². The van der Waals surface area contributed by atoms with Gasteiger partial charge in [0, 0.05) is 24.1 Å². The van der Waals surface area contributed by atoms with Crippen molar-refractivity contribution in [2.45, 2.75) is 17.5 Å². The van der Waals surface area contributed by atoms with E-state index in [1.54, 1.807) is 0 Å². The van der Waals surface area contributed by atoms with Gasteiger partial charge in [0.2, 0.25) is 0 Å². The van der Waals surface area contributed by atoms with Crippen molar-refractivity contribution >= 4 is 11.8 Å². The minimum absolute atomic E-state index is 0.159. The van der Waals surface area contributed by atoms with E-state index in [1.807, 2.05) is 0 Å². The SMILES string of the molecule is OCC(O)CSC1CNCC1O. The van der Waals surface area contributed by atoms with Crippen molar-refractivity contribution in [2.75, 3.05) is 25.4 Å². The largest absolute Gasteiger partial charge is 0.394 e. The van der Waals surface area contributed by atoms with Crippen LogP contribution in [0, 0.1) is 0 Å². The Balaban J connectivity index is 2.13. The Kier molecular flexibility index (Phi) is 4.31. The maximum atomic E-state index is 9.35. The second kappa shape index (κ2) is 5.04. The molecule has 12 heavy (non-hydrogen) atoms. The van der Waals surface area contributed by atoms with Gasteiger partial charge in [0.05, 0.1) is 18.8 Å². The minimum Gasteiger partial charge on any atom is -0.394 e.